The molecule has 0 aliphatic carbocycles. The summed E-state index contributed by atoms with van der Waals surface area (Å²) in [7, 11) is -3.78. The van der Waals surface area contributed by atoms with Gasteiger partial charge in [0.05, 0.1) is 4.90 Å². The van der Waals surface area contributed by atoms with Crippen LogP contribution in [0.1, 0.15) is 38.7 Å². The van der Waals surface area contributed by atoms with Gasteiger partial charge in [-0.3, -0.25) is 14.3 Å². The first kappa shape index (κ1) is 21.8. The maximum absolute atomic E-state index is 12.7. The van der Waals surface area contributed by atoms with E-state index in [0.717, 1.165) is 24.1 Å². The summed E-state index contributed by atoms with van der Waals surface area (Å²) in [6, 6.07) is 11.2. The first-order chi connectivity index (χ1) is 14.2. The summed E-state index contributed by atoms with van der Waals surface area (Å²) in [5.74, 6) is -0.199. The second-order valence-electron chi connectivity index (χ2n) is 7.78. The van der Waals surface area contributed by atoms with Crippen LogP contribution in [0.5, 0.6) is 0 Å². The van der Waals surface area contributed by atoms with E-state index < -0.39 is 10.0 Å². The lowest BCUT2D eigenvalue weighted by Gasteiger charge is -2.28. The Hall–Kier alpha value is -2.87. The highest BCUT2D eigenvalue weighted by atomic mass is 32.2. The molecule has 160 valence electrons. The number of aryl methyl sites for hydroxylation is 1. The number of nitrogens with one attached hydrogen (secondary N) is 2. The van der Waals surface area contributed by atoms with Gasteiger partial charge in [0.2, 0.25) is 11.8 Å². The second kappa shape index (κ2) is 8.87. The van der Waals surface area contributed by atoms with E-state index in [1.165, 1.54) is 12.1 Å². The molecular weight excluding hydrogens is 402 g/mol. The third kappa shape index (κ3) is 4.99. The van der Waals surface area contributed by atoms with E-state index in [1.807, 2.05) is 6.92 Å². The molecule has 3 rings (SSSR count). The second-order valence-corrected chi connectivity index (χ2v) is 9.46. The zero-order valence-electron chi connectivity index (χ0n) is 17.4. The molecule has 0 aromatic heterocycles. The van der Waals surface area contributed by atoms with Crippen molar-refractivity contribution in [3.8, 4) is 0 Å². The number of amides is 2. The number of piperidine rings is 1. The lowest BCUT2D eigenvalue weighted by Crippen LogP contribution is -2.35. The van der Waals surface area contributed by atoms with E-state index in [4.69, 9.17) is 0 Å². The number of nitrogens with zero attached hydrogens (tertiary/aromatic N) is 1. The van der Waals surface area contributed by atoms with Crippen molar-refractivity contribution in [1.82, 2.24) is 0 Å². The van der Waals surface area contributed by atoms with Gasteiger partial charge in [-0.15, -0.1) is 0 Å². The Morgan fingerprint density at radius 2 is 1.70 bits per heavy atom. The molecule has 0 spiro atoms. The Balaban J connectivity index is 1.74. The third-order valence-corrected chi connectivity index (χ3v) is 6.42. The van der Waals surface area contributed by atoms with Crippen molar-refractivity contribution in [2.75, 3.05) is 21.5 Å². The quantitative estimate of drug-likeness (QED) is 0.728. The number of carbonyl (C=O) groups is 2. The molecule has 0 radical (unpaired) electrons. The van der Waals surface area contributed by atoms with Crippen LogP contribution in [0, 0.1) is 12.8 Å². The van der Waals surface area contributed by atoms with Crippen molar-refractivity contribution >= 4 is 38.9 Å². The topological polar surface area (TPSA) is 95.6 Å². The highest BCUT2D eigenvalue weighted by Gasteiger charge is 2.22. The average molecular weight is 430 g/mol. The fourth-order valence-corrected chi connectivity index (χ4v) is 4.35. The minimum atomic E-state index is -3.78. The van der Waals surface area contributed by atoms with Gasteiger partial charge in [0, 0.05) is 35.9 Å². The molecule has 8 heteroatoms. The van der Waals surface area contributed by atoms with Crippen molar-refractivity contribution in [2.24, 2.45) is 5.92 Å². The largest absolute Gasteiger partial charge is 0.326 e. The van der Waals surface area contributed by atoms with E-state index in [0.29, 0.717) is 24.3 Å². The Bertz CT molecular complexity index is 1050. The summed E-state index contributed by atoms with van der Waals surface area (Å²) >= 11 is 0. The van der Waals surface area contributed by atoms with Crippen LogP contribution in [0.3, 0.4) is 0 Å². The predicted molar refractivity (Wildman–Crippen MR) is 118 cm³/mol. The fraction of sp³-hybridized carbons (Fsp3) is 0.364. The monoisotopic (exact) mass is 429 g/mol. The summed E-state index contributed by atoms with van der Waals surface area (Å²) < 4.78 is 28.0. The number of hydrogen-bond acceptors (Lipinski definition) is 4. The van der Waals surface area contributed by atoms with E-state index >= 15 is 0 Å². The molecule has 1 heterocycles. The third-order valence-electron chi connectivity index (χ3n) is 5.02. The molecule has 1 aliphatic rings. The molecular formula is C22H27N3O4S. The maximum atomic E-state index is 12.7. The Kier molecular flexibility index (Phi) is 6.45. The first-order valence-corrected chi connectivity index (χ1v) is 11.5. The molecule has 0 saturated carbocycles. The summed E-state index contributed by atoms with van der Waals surface area (Å²) in [6.07, 6.45) is 2.42. The number of benzene rings is 2. The number of rotatable bonds is 6. The molecule has 0 unspecified atom stereocenters. The van der Waals surface area contributed by atoms with Gasteiger partial charge < -0.3 is 10.2 Å². The lowest BCUT2D eigenvalue weighted by atomic mass is 10.1. The van der Waals surface area contributed by atoms with Crippen LogP contribution in [0.15, 0.2) is 47.4 Å². The number of hydrogen-bond donors (Lipinski definition) is 2. The van der Waals surface area contributed by atoms with Crippen LogP contribution in [-0.4, -0.2) is 26.8 Å². The molecule has 2 N–H and O–H groups in total. The lowest BCUT2D eigenvalue weighted by molar-refractivity contribution is -0.120. The number of sulfonamides is 1. The highest BCUT2D eigenvalue weighted by Crippen LogP contribution is 2.28. The van der Waals surface area contributed by atoms with Crippen LogP contribution in [0.25, 0.3) is 0 Å². The smallest absolute Gasteiger partial charge is 0.261 e. The van der Waals surface area contributed by atoms with Crippen molar-refractivity contribution in [2.45, 2.75) is 44.9 Å². The minimum Gasteiger partial charge on any atom is -0.326 e. The Morgan fingerprint density at radius 1 is 1.03 bits per heavy atom. The summed E-state index contributed by atoms with van der Waals surface area (Å²) in [5.41, 5.74) is 2.61. The van der Waals surface area contributed by atoms with Gasteiger partial charge in [0.15, 0.2) is 0 Å². The van der Waals surface area contributed by atoms with Gasteiger partial charge >= 0.3 is 0 Å². The number of carbonyl (C=O) groups excluding carboxylic acids is 2. The van der Waals surface area contributed by atoms with Gasteiger partial charge in [-0.05, 0) is 67.8 Å². The van der Waals surface area contributed by atoms with Gasteiger partial charge in [-0.2, -0.15) is 0 Å². The van der Waals surface area contributed by atoms with Gasteiger partial charge in [-0.1, -0.05) is 13.8 Å². The molecule has 7 nitrogen and oxygen atoms in total. The average Bonchev–Trinajstić information content (AvgIpc) is 2.69. The first-order valence-electron chi connectivity index (χ1n) is 10.0. The van der Waals surface area contributed by atoms with Gasteiger partial charge in [-0.25, -0.2) is 8.42 Å². The number of anilines is 3. The molecule has 0 atom stereocenters. The zero-order chi connectivity index (χ0) is 21.9. The van der Waals surface area contributed by atoms with E-state index in [2.05, 4.69) is 10.0 Å². The molecule has 1 fully saturated rings. The highest BCUT2D eigenvalue weighted by molar-refractivity contribution is 7.92. The molecule has 0 bridgehead atoms. The van der Waals surface area contributed by atoms with Crippen LogP contribution in [0.4, 0.5) is 17.1 Å². The molecule has 1 saturated heterocycles. The standard InChI is InChI=1S/C22H27N3O4S/c1-15(2)22(27)23-17-7-10-19(11-8-17)30(28,29)24-18-9-12-20(16(3)14-18)25-13-5-4-6-21(25)26/h7-12,14-15,24H,4-6,13H2,1-3H3,(H,23,27). The van der Waals surface area contributed by atoms with Crippen molar-refractivity contribution in [3.05, 3.63) is 48.0 Å². The zero-order valence-corrected chi connectivity index (χ0v) is 18.3. The molecule has 1 aliphatic heterocycles. The summed E-state index contributed by atoms with van der Waals surface area (Å²) in [6.45, 7) is 6.12. The van der Waals surface area contributed by atoms with E-state index in [9.17, 15) is 18.0 Å². The summed E-state index contributed by atoms with van der Waals surface area (Å²) in [5, 5.41) is 2.73. The maximum Gasteiger partial charge on any atom is 0.261 e. The molecule has 2 aromatic carbocycles. The van der Waals surface area contributed by atoms with Gasteiger partial charge in [0.25, 0.3) is 10.0 Å². The molecule has 2 aromatic rings. The van der Waals surface area contributed by atoms with Crippen LogP contribution >= 0.6 is 0 Å². The van der Waals surface area contributed by atoms with Crippen molar-refractivity contribution < 1.29 is 18.0 Å². The minimum absolute atomic E-state index is 0.0954. The predicted octanol–water partition coefficient (Wildman–Crippen LogP) is 3.91. The van der Waals surface area contributed by atoms with E-state index in [1.54, 1.807) is 49.1 Å². The Labute approximate surface area is 177 Å². The van der Waals surface area contributed by atoms with Crippen molar-refractivity contribution in [3.63, 3.8) is 0 Å². The van der Waals surface area contributed by atoms with E-state index in [-0.39, 0.29) is 22.6 Å². The molecule has 30 heavy (non-hydrogen) atoms. The fourth-order valence-electron chi connectivity index (χ4n) is 3.30. The summed E-state index contributed by atoms with van der Waals surface area (Å²) in [4.78, 5) is 25.8. The van der Waals surface area contributed by atoms with Gasteiger partial charge in [0.1, 0.15) is 0 Å². The molecule has 2 amide bonds. The van der Waals surface area contributed by atoms with Crippen LogP contribution < -0.4 is 14.9 Å². The van der Waals surface area contributed by atoms with Crippen molar-refractivity contribution in [1.29, 1.82) is 0 Å². The normalized spacial score (nSPS) is 14.7. The SMILES string of the molecule is Cc1cc(NS(=O)(=O)c2ccc(NC(=O)C(C)C)cc2)ccc1N1CCCCC1=O. The van der Waals surface area contributed by atoms with Crippen LogP contribution in [0.2, 0.25) is 0 Å². The Morgan fingerprint density at radius 3 is 2.30 bits per heavy atom. The van der Waals surface area contributed by atoms with Crippen LogP contribution in [-0.2, 0) is 19.6 Å².